The number of aromatic nitrogens is 2. The smallest absolute Gasteiger partial charge is 0.255 e. The van der Waals surface area contributed by atoms with Crippen LogP contribution >= 0.6 is 0 Å². The van der Waals surface area contributed by atoms with Crippen molar-refractivity contribution < 1.29 is 9.53 Å². The summed E-state index contributed by atoms with van der Waals surface area (Å²) < 4.78 is 6.85. The van der Waals surface area contributed by atoms with E-state index in [1.54, 1.807) is 0 Å². The van der Waals surface area contributed by atoms with Gasteiger partial charge in [0.25, 0.3) is 5.56 Å². The minimum atomic E-state index is -0.237. The molecule has 1 aliphatic heterocycles. The van der Waals surface area contributed by atoms with Crippen LogP contribution in [-0.4, -0.2) is 41.8 Å². The number of amides is 1. The van der Waals surface area contributed by atoms with Gasteiger partial charge < -0.3 is 15.0 Å². The van der Waals surface area contributed by atoms with Crippen molar-refractivity contribution in [1.82, 2.24) is 9.55 Å². The normalized spacial score (nSPS) is 14.2. The van der Waals surface area contributed by atoms with Crippen LogP contribution in [0.15, 0.2) is 35.1 Å². The standard InChI is InChI=1S/C20H26N4O3/c1-3-15-7-5-6-8-17(15)22-18(25)14-24-19(26)13-16(4-2)21-20(24)23-9-11-27-12-10-23/h5-8,13H,3-4,9-12,14H2,1-2H3,(H,22,25). The number of hydrogen-bond acceptors (Lipinski definition) is 5. The van der Waals surface area contributed by atoms with Gasteiger partial charge in [-0.05, 0) is 24.5 Å². The maximum atomic E-state index is 12.7. The zero-order chi connectivity index (χ0) is 19.2. The Balaban J connectivity index is 1.86. The van der Waals surface area contributed by atoms with E-state index >= 15 is 0 Å². The maximum Gasteiger partial charge on any atom is 0.255 e. The van der Waals surface area contributed by atoms with E-state index in [0.717, 1.165) is 23.4 Å². The number of carbonyl (C=O) groups excluding carboxylic acids is 1. The Kier molecular flexibility index (Phi) is 6.24. The third-order valence-electron chi connectivity index (χ3n) is 4.67. The highest BCUT2D eigenvalue weighted by Gasteiger charge is 2.20. The van der Waals surface area contributed by atoms with Crippen molar-refractivity contribution in [2.24, 2.45) is 0 Å². The van der Waals surface area contributed by atoms with E-state index in [1.807, 2.05) is 43.0 Å². The Labute approximate surface area is 159 Å². The van der Waals surface area contributed by atoms with Gasteiger partial charge >= 0.3 is 0 Å². The first-order valence-electron chi connectivity index (χ1n) is 9.43. The summed E-state index contributed by atoms with van der Waals surface area (Å²) in [6, 6.07) is 9.21. The van der Waals surface area contributed by atoms with Crippen LogP contribution in [0.5, 0.6) is 0 Å². The molecule has 27 heavy (non-hydrogen) atoms. The number of ether oxygens (including phenoxy) is 1. The number of para-hydroxylation sites is 1. The van der Waals surface area contributed by atoms with Gasteiger partial charge in [0.1, 0.15) is 6.54 Å². The van der Waals surface area contributed by atoms with Gasteiger partial charge in [-0.1, -0.05) is 32.0 Å². The van der Waals surface area contributed by atoms with E-state index in [-0.39, 0.29) is 18.0 Å². The molecule has 1 aliphatic rings. The first kappa shape index (κ1) is 19.1. The topological polar surface area (TPSA) is 76.5 Å². The summed E-state index contributed by atoms with van der Waals surface area (Å²) in [6.45, 7) is 6.41. The Morgan fingerprint density at radius 2 is 1.93 bits per heavy atom. The van der Waals surface area contributed by atoms with Gasteiger partial charge in [0.2, 0.25) is 11.9 Å². The number of nitrogens with one attached hydrogen (secondary N) is 1. The molecule has 1 amide bonds. The molecule has 1 aromatic carbocycles. The molecule has 7 nitrogen and oxygen atoms in total. The van der Waals surface area contributed by atoms with Crippen molar-refractivity contribution in [3.63, 3.8) is 0 Å². The molecule has 3 rings (SSSR count). The molecule has 0 bridgehead atoms. The minimum absolute atomic E-state index is 0.0689. The number of carbonyl (C=O) groups is 1. The summed E-state index contributed by atoms with van der Waals surface area (Å²) in [5.41, 5.74) is 2.37. The fourth-order valence-corrected chi connectivity index (χ4v) is 3.16. The van der Waals surface area contributed by atoms with Crippen LogP contribution in [0.2, 0.25) is 0 Å². The van der Waals surface area contributed by atoms with Crippen molar-refractivity contribution in [3.8, 4) is 0 Å². The molecule has 2 heterocycles. The first-order valence-corrected chi connectivity index (χ1v) is 9.43. The van der Waals surface area contributed by atoms with E-state index in [9.17, 15) is 9.59 Å². The van der Waals surface area contributed by atoms with E-state index in [4.69, 9.17) is 4.74 Å². The monoisotopic (exact) mass is 370 g/mol. The van der Waals surface area contributed by atoms with Crippen molar-refractivity contribution >= 4 is 17.5 Å². The zero-order valence-electron chi connectivity index (χ0n) is 15.9. The molecule has 0 aliphatic carbocycles. The predicted octanol–water partition coefficient (Wildman–Crippen LogP) is 1.84. The van der Waals surface area contributed by atoms with Gasteiger partial charge in [-0.3, -0.25) is 14.2 Å². The molecule has 1 fully saturated rings. The Bertz CT molecular complexity index is 857. The lowest BCUT2D eigenvalue weighted by Crippen LogP contribution is -2.42. The SMILES string of the molecule is CCc1cc(=O)n(CC(=O)Nc2ccccc2CC)c(N2CCOCC2)n1. The average Bonchev–Trinajstić information content (AvgIpc) is 2.70. The van der Waals surface area contributed by atoms with Crippen LogP contribution in [0, 0.1) is 0 Å². The number of anilines is 2. The van der Waals surface area contributed by atoms with E-state index in [1.165, 1.54) is 10.6 Å². The third kappa shape index (κ3) is 4.54. The zero-order valence-corrected chi connectivity index (χ0v) is 15.9. The number of morpholine rings is 1. The highest BCUT2D eigenvalue weighted by molar-refractivity contribution is 5.91. The van der Waals surface area contributed by atoms with Gasteiger partial charge in [-0.2, -0.15) is 0 Å². The second-order valence-corrected chi connectivity index (χ2v) is 6.48. The molecule has 0 unspecified atom stereocenters. The number of hydrogen-bond donors (Lipinski definition) is 1. The largest absolute Gasteiger partial charge is 0.378 e. The van der Waals surface area contributed by atoms with Crippen LogP contribution in [0.1, 0.15) is 25.1 Å². The van der Waals surface area contributed by atoms with Crippen LogP contribution < -0.4 is 15.8 Å². The molecule has 1 N–H and O–H groups in total. The molecule has 0 spiro atoms. The molecule has 7 heteroatoms. The van der Waals surface area contributed by atoms with Gasteiger partial charge in [0, 0.05) is 30.5 Å². The Hall–Kier alpha value is -2.67. The molecule has 0 saturated carbocycles. The Morgan fingerprint density at radius 3 is 2.63 bits per heavy atom. The summed E-state index contributed by atoms with van der Waals surface area (Å²) >= 11 is 0. The summed E-state index contributed by atoms with van der Waals surface area (Å²) in [4.78, 5) is 31.9. The van der Waals surface area contributed by atoms with Crippen LogP contribution in [0.4, 0.5) is 11.6 Å². The first-order chi connectivity index (χ1) is 13.1. The summed E-state index contributed by atoms with van der Waals surface area (Å²) in [6.07, 6.45) is 1.49. The number of aryl methyl sites for hydroxylation is 2. The fourth-order valence-electron chi connectivity index (χ4n) is 3.16. The molecule has 1 aromatic heterocycles. The van der Waals surface area contributed by atoms with Crippen molar-refractivity contribution in [3.05, 3.63) is 51.9 Å². The van der Waals surface area contributed by atoms with Gasteiger partial charge in [0.05, 0.1) is 13.2 Å². The highest BCUT2D eigenvalue weighted by Crippen LogP contribution is 2.16. The second-order valence-electron chi connectivity index (χ2n) is 6.48. The van der Waals surface area contributed by atoms with Crippen LogP contribution in [0.3, 0.4) is 0 Å². The van der Waals surface area contributed by atoms with E-state index in [0.29, 0.717) is 38.7 Å². The lowest BCUT2D eigenvalue weighted by Gasteiger charge is -2.29. The van der Waals surface area contributed by atoms with Crippen LogP contribution in [-0.2, 0) is 28.9 Å². The number of nitrogens with zero attached hydrogens (tertiary/aromatic N) is 3. The minimum Gasteiger partial charge on any atom is -0.378 e. The fraction of sp³-hybridized carbons (Fsp3) is 0.450. The second kappa shape index (κ2) is 8.81. The molecule has 0 atom stereocenters. The van der Waals surface area contributed by atoms with Crippen LogP contribution in [0.25, 0.3) is 0 Å². The lowest BCUT2D eigenvalue weighted by atomic mass is 10.1. The average molecular weight is 370 g/mol. The third-order valence-corrected chi connectivity index (χ3v) is 4.67. The maximum absolute atomic E-state index is 12.7. The summed E-state index contributed by atoms with van der Waals surface area (Å²) in [5, 5.41) is 2.93. The number of benzene rings is 1. The quantitative estimate of drug-likeness (QED) is 0.840. The molecule has 2 aromatic rings. The van der Waals surface area contributed by atoms with Crippen molar-refractivity contribution in [1.29, 1.82) is 0 Å². The highest BCUT2D eigenvalue weighted by atomic mass is 16.5. The molecule has 1 saturated heterocycles. The van der Waals surface area contributed by atoms with Crippen molar-refractivity contribution in [2.75, 3.05) is 36.5 Å². The molecule has 0 radical (unpaired) electrons. The van der Waals surface area contributed by atoms with Gasteiger partial charge in [0.15, 0.2) is 0 Å². The number of rotatable bonds is 6. The van der Waals surface area contributed by atoms with E-state index < -0.39 is 0 Å². The van der Waals surface area contributed by atoms with E-state index in [2.05, 4.69) is 10.3 Å². The molecule has 144 valence electrons. The van der Waals surface area contributed by atoms with Gasteiger partial charge in [-0.25, -0.2) is 4.98 Å². The molecular weight excluding hydrogens is 344 g/mol. The van der Waals surface area contributed by atoms with Crippen molar-refractivity contribution in [2.45, 2.75) is 33.2 Å². The molecular formula is C20H26N4O3. The summed E-state index contributed by atoms with van der Waals surface area (Å²) in [5.74, 6) is 0.306. The summed E-state index contributed by atoms with van der Waals surface area (Å²) in [7, 11) is 0. The predicted molar refractivity (Wildman–Crippen MR) is 105 cm³/mol. The lowest BCUT2D eigenvalue weighted by molar-refractivity contribution is -0.116. The van der Waals surface area contributed by atoms with Gasteiger partial charge in [-0.15, -0.1) is 0 Å². The Morgan fingerprint density at radius 1 is 1.19 bits per heavy atom.